The van der Waals surface area contributed by atoms with Gasteiger partial charge in [0.15, 0.2) is 0 Å². The molecule has 3 nitrogen and oxygen atoms in total. The summed E-state index contributed by atoms with van der Waals surface area (Å²) in [6.45, 7) is 9.91. The summed E-state index contributed by atoms with van der Waals surface area (Å²) >= 11 is 1.64. The number of rotatable bonds is 2. The first-order valence-corrected chi connectivity index (χ1v) is 8.03. The zero-order valence-electron chi connectivity index (χ0n) is 13.3. The number of carbonyl (C=O) groups excluding carboxylic acids is 1. The van der Waals surface area contributed by atoms with Gasteiger partial charge in [-0.3, -0.25) is 4.99 Å². The van der Waals surface area contributed by atoms with Crippen molar-refractivity contribution in [2.45, 2.75) is 57.6 Å². The molecule has 0 spiro atoms. The second-order valence-electron chi connectivity index (χ2n) is 6.99. The van der Waals surface area contributed by atoms with Crippen LogP contribution in [0.25, 0.3) is 0 Å². The second-order valence-corrected chi connectivity index (χ2v) is 8.05. The van der Waals surface area contributed by atoms with E-state index in [1.807, 2.05) is 39.0 Å². The van der Waals surface area contributed by atoms with Gasteiger partial charge in [-0.05, 0) is 39.3 Å². The van der Waals surface area contributed by atoms with E-state index in [0.29, 0.717) is 6.42 Å². The third-order valence-corrected chi connectivity index (χ3v) is 4.55. The summed E-state index contributed by atoms with van der Waals surface area (Å²) in [5.41, 5.74) is -0.561. The first kappa shape index (κ1) is 16.1. The number of hydrogen-bond acceptors (Lipinski definition) is 4. The van der Waals surface area contributed by atoms with E-state index >= 15 is 0 Å². The van der Waals surface area contributed by atoms with E-state index in [0.717, 1.165) is 9.94 Å². The Labute approximate surface area is 131 Å². The van der Waals surface area contributed by atoms with Gasteiger partial charge in [-0.25, -0.2) is 4.79 Å². The zero-order chi connectivity index (χ0) is 15.7. The third-order valence-electron chi connectivity index (χ3n) is 3.19. The minimum absolute atomic E-state index is 0.0952. The largest absolute Gasteiger partial charge is 0.458 e. The number of carbonyl (C=O) groups is 1. The van der Waals surface area contributed by atoms with Crippen molar-refractivity contribution in [3.63, 3.8) is 0 Å². The highest BCUT2D eigenvalue weighted by Crippen LogP contribution is 2.40. The van der Waals surface area contributed by atoms with Gasteiger partial charge in [-0.15, -0.1) is 0 Å². The Bertz CT molecular complexity index is 544. The average molecular weight is 305 g/mol. The average Bonchev–Trinajstić information content (AvgIpc) is 2.64. The lowest BCUT2D eigenvalue weighted by Gasteiger charge is -2.22. The maximum atomic E-state index is 12.2. The van der Waals surface area contributed by atoms with Crippen LogP contribution in [-0.4, -0.2) is 22.7 Å². The quantitative estimate of drug-likeness (QED) is 0.764. The minimum Gasteiger partial charge on any atom is -0.458 e. The fourth-order valence-electron chi connectivity index (χ4n) is 2.20. The van der Waals surface area contributed by atoms with Crippen molar-refractivity contribution in [2.24, 2.45) is 10.4 Å². The summed E-state index contributed by atoms with van der Waals surface area (Å²) in [5.74, 6) is -0.223. The molecule has 0 fully saturated rings. The summed E-state index contributed by atoms with van der Waals surface area (Å²) in [6.07, 6.45) is 0.705. The number of nitrogens with zero attached hydrogens (tertiary/aromatic N) is 1. The highest BCUT2D eigenvalue weighted by molar-refractivity contribution is 8.14. The van der Waals surface area contributed by atoms with Crippen molar-refractivity contribution < 1.29 is 9.53 Å². The van der Waals surface area contributed by atoms with Gasteiger partial charge in [0.25, 0.3) is 0 Å². The molecule has 0 saturated heterocycles. The molecule has 1 heterocycles. The maximum absolute atomic E-state index is 12.2. The summed E-state index contributed by atoms with van der Waals surface area (Å²) in [4.78, 5) is 18.0. The molecule has 0 N–H and O–H groups in total. The number of aliphatic imine (C=N–C) groups is 1. The van der Waals surface area contributed by atoms with Crippen LogP contribution in [0.2, 0.25) is 0 Å². The number of thioether (sulfide) groups is 1. The summed E-state index contributed by atoms with van der Waals surface area (Å²) in [6, 6.07) is 9.75. The molecule has 114 valence electrons. The first-order chi connectivity index (χ1) is 9.67. The smallest absolute Gasteiger partial charge is 0.331 e. The number of benzene rings is 1. The van der Waals surface area contributed by atoms with Crippen LogP contribution in [0.15, 0.2) is 40.2 Å². The van der Waals surface area contributed by atoms with Crippen LogP contribution in [0.3, 0.4) is 0 Å². The topological polar surface area (TPSA) is 38.7 Å². The Morgan fingerprint density at radius 2 is 1.90 bits per heavy atom. The molecule has 1 unspecified atom stereocenters. The minimum atomic E-state index is -0.466. The first-order valence-electron chi connectivity index (χ1n) is 7.21. The number of hydrogen-bond donors (Lipinski definition) is 0. The second kappa shape index (κ2) is 5.84. The lowest BCUT2D eigenvalue weighted by Crippen LogP contribution is -2.31. The molecule has 0 bridgehead atoms. The van der Waals surface area contributed by atoms with E-state index in [9.17, 15) is 4.79 Å². The third kappa shape index (κ3) is 4.34. The fourth-order valence-corrected chi connectivity index (χ4v) is 3.26. The van der Waals surface area contributed by atoms with E-state index in [-0.39, 0.29) is 17.4 Å². The van der Waals surface area contributed by atoms with Crippen LogP contribution in [0, 0.1) is 5.41 Å². The van der Waals surface area contributed by atoms with Gasteiger partial charge in [0, 0.05) is 10.3 Å². The van der Waals surface area contributed by atoms with E-state index in [1.54, 1.807) is 11.8 Å². The van der Waals surface area contributed by atoms with Gasteiger partial charge in [0.05, 0.1) is 5.04 Å². The van der Waals surface area contributed by atoms with Crippen LogP contribution < -0.4 is 0 Å². The Kier molecular flexibility index (Phi) is 4.47. The zero-order valence-corrected chi connectivity index (χ0v) is 14.2. The van der Waals surface area contributed by atoms with Crippen LogP contribution in [0.5, 0.6) is 0 Å². The van der Waals surface area contributed by atoms with Crippen LogP contribution >= 0.6 is 11.8 Å². The van der Waals surface area contributed by atoms with Gasteiger partial charge in [-0.1, -0.05) is 43.8 Å². The molecule has 2 rings (SSSR count). The van der Waals surface area contributed by atoms with E-state index in [4.69, 9.17) is 4.74 Å². The number of esters is 1. The monoisotopic (exact) mass is 305 g/mol. The Hall–Kier alpha value is -1.29. The molecule has 1 aromatic rings. The Morgan fingerprint density at radius 3 is 2.48 bits per heavy atom. The van der Waals surface area contributed by atoms with Crippen molar-refractivity contribution in [3.8, 4) is 0 Å². The molecule has 1 aliphatic rings. The van der Waals surface area contributed by atoms with Crippen LogP contribution in [-0.2, 0) is 9.53 Å². The molecule has 0 radical (unpaired) electrons. The van der Waals surface area contributed by atoms with E-state index < -0.39 is 5.60 Å². The fraction of sp³-hybridized carbons (Fsp3) is 0.529. The maximum Gasteiger partial charge on any atom is 0.331 e. The van der Waals surface area contributed by atoms with Gasteiger partial charge >= 0.3 is 5.97 Å². The predicted octanol–water partition coefficient (Wildman–Crippen LogP) is 4.32. The van der Waals surface area contributed by atoms with E-state index in [1.165, 1.54) is 0 Å². The summed E-state index contributed by atoms with van der Waals surface area (Å²) in [7, 11) is 0. The standard InChI is InChI=1S/C17H23NO2S/c1-16(2,3)20-14(19)13-11-17(4,5)15(18-13)21-12-9-7-6-8-10-12/h6-10,13H,11H2,1-5H3. The SMILES string of the molecule is CC(C)(C)OC(=O)C1CC(C)(C)C(Sc2ccccc2)=N1. The highest BCUT2D eigenvalue weighted by Gasteiger charge is 2.40. The molecule has 0 saturated carbocycles. The molecule has 0 aliphatic carbocycles. The molecule has 1 atom stereocenters. The molecular weight excluding hydrogens is 282 g/mol. The van der Waals surface area contributed by atoms with Gasteiger partial charge in [-0.2, -0.15) is 0 Å². The Morgan fingerprint density at radius 1 is 1.29 bits per heavy atom. The molecule has 1 aromatic carbocycles. The van der Waals surface area contributed by atoms with Gasteiger partial charge in [0.2, 0.25) is 0 Å². The van der Waals surface area contributed by atoms with Gasteiger partial charge in [0.1, 0.15) is 11.6 Å². The molecular formula is C17H23NO2S. The molecule has 0 amide bonds. The molecule has 0 aromatic heterocycles. The van der Waals surface area contributed by atoms with Crippen LogP contribution in [0.1, 0.15) is 41.0 Å². The predicted molar refractivity (Wildman–Crippen MR) is 87.8 cm³/mol. The number of ether oxygens (including phenoxy) is 1. The van der Waals surface area contributed by atoms with Crippen LogP contribution in [0.4, 0.5) is 0 Å². The lowest BCUT2D eigenvalue weighted by atomic mass is 9.90. The molecule has 21 heavy (non-hydrogen) atoms. The van der Waals surface area contributed by atoms with Crippen molar-refractivity contribution in [2.75, 3.05) is 0 Å². The summed E-state index contributed by atoms with van der Waals surface area (Å²) < 4.78 is 5.46. The van der Waals surface area contributed by atoms with Crippen molar-refractivity contribution in [3.05, 3.63) is 30.3 Å². The van der Waals surface area contributed by atoms with Crippen molar-refractivity contribution >= 4 is 22.8 Å². The lowest BCUT2D eigenvalue weighted by molar-refractivity contribution is -0.156. The highest BCUT2D eigenvalue weighted by atomic mass is 32.2. The molecule has 4 heteroatoms. The van der Waals surface area contributed by atoms with Gasteiger partial charge < -0.3 is 4.74 Å². The van der Waals surface area contributed by atoms with Crippen molar-refractivity contribution in [1.29, 1.82) is 0 Å². The normalized spacial score (nSPS) is 21.0. The molecule has 1 aliphatic heterocycles. The van der Waals surface area contributed by atoms with Crippen molar-refractivity contribution in [1.82, 2.24) is 0 Å². The summed E-state index contributed by atoms with van der Waals surface area (Å²) in [5, 5.41) is 1.00. The Balaban J connectivity index is 2.13. The van der Waals surface area contributed by atoms with E-state index in [2.05, 4.69) is 31.0 Å².